The molecule has 2 heterocycles. The van der Waals surface area contributed by atoms with Crippen LogP contribution in [-0.4, -0.2) is 58.8 Å². The maximum atomic E-state index is 12.8. The van der Waals surface area contributed by atoms with Crippen LogP contribution in [0.25, 0.3) is 34.5 Å². The number of para-hydroxylation sites is 1. The van der Waals surface area contributed by atoms with Crippen molar-refractivity contribution < 1.29 is 28.2 Å². The summed E-state index contributed by atoms with van der Waals surface area (Å²) < 4.78 is 23.8. The highest BCUT2D eigenvalue weighted by molar-refractivity contribution is 7.99. The number of carbonyl (C=O) groups is 2. The van der Waals surface area contributed by atoms with E-state index in [-0.39, 0.29) is 22.7 Å². The van der Waals surface area contributed by atoms with Crippen molar-refractivity contribution >= 4 is 35.2 Å². The standard InChI is InChI=1S/C37H31N5O6S/c1-45-31-20-24(21-32(46-2)35(31)47-3)14-19-30(43)25-15-17-27(18-16-25)38-33(44)23-49-37-40-39-36(48-37)29-22-42(28-12-8-5-9-13-28)41-34(29)26-10-6-4-7-11-26/h4-22H,23H2,1-3H3,(H,38,44)/b19-14+. The number of allylic oxidation sites excluding steroid dienone is 1. The molecule has 1 amide bonds. The number of nitrogens with one attached hydrogen (secondary N) is 1. The van der Waals surface area contributed by atoms with E-state index in [1.165, 1.54) is 27.4 Å². The molecule has 6 rings (SSSR count). The number of benzene rings is 4. The first-order valence-electron chi connectivity index (χ1n) is 15.0. The molecule has 6 aromatic rings. The second kappa shape index (κ2) is 15.2. The van der Waals surface area contributed by atoms with Gasteiger partial charge < -0.3 is 23.9 Å². The number of hydrogen-bond donors (Lipinski definition) is 1. The highest BCUT2D eigenvalue weighted by Gasteiger charge is 2.20. The van der Waals surface area contributed by atoms with Crippen molar-refractivity contribution in [2.24, 2.45) is 0 Å². The summed E-state index contributed by atoms with van der Waals surface area (Å²) in [7, 11) is 4.59. The SMILES string of the molecule is COc1cc(/C=C/C(=O)c2ccc(NC(=O)CSc3nnc(-c4cn(-c5ccccc5)nc4-c4ccccc4)o3)cc2)cc(OC)c1OC. The Morgan fingerprint density at radius 3 is 2.18 bits per heavy atom. The molecule has 0 aliphatic rings. The number of anilines is 1. The minimum absolute atomic E-state index is 0.0364. The molecule has 0 atom stereocenters. The smallest absolute Gasteiger partial charge is 0.277 e. The molecule has 0 aliphatic heterocycles. The number of carbonyl (C=O) groups excluding carboxylic acids is 2. The van der Waals surface area contributed by atoms with E-state index in [1.54, 1.807) is 47.2 Å². The first kappa shape index (κ1) is 32.8. The van der Waals surface area contributed by atoms with Gasteiger partial charge in [0.1, 0.15) is 5.69 Å². The van der Waals surface area contributed by atoms with Crippen molar-refractivity contribution in [2.75, 3.05) is 32.4 Å². The van der Waals surface area contributed by atoms with Crippen molar-refractivity contribution in [3.8, 4) is 45.6 Å². The van der Waals surface area contributed by atoms with Crippen LogP contribution in [0.3, 0.4) is 0 Å². The minimum atomic E-state index is -0.270. The van der Waals surface area contributed by atoms with Crippen LogP contribution in [-0.2, 0) is 4.79 Å². The number of ketones is 1. The molecular formula is C37H31N5O6S. The number of thioether (sulfide) groups is 1. The molecular weight excluding hydrogens is 643 g/mol. The Bertz CT molecular complexity index is 2070. The van der Waals surface area contributed by atoms with Gasteiger partial charge in [-0.3, -0.25) is 9.59 Å². The fourth-order valence-corrected chi connectivity index (χ4v) is 5.50. The Kier molecular flexibility index (Phi) is 10.2. The quantitative estimate of drug-likeness (QED) is 0.0760. The van der Waals surface area contributed by atoms with Crippen LogP contribution in [0, 0.1) is 0 Å². The fourth-order valence-electron chi connectivity index (χ4n) is 4.94. The zero-order valence-electron chi connectivity index (χ0n) is 26.8. The summed E-state index contributed by atoms with van der Waals surface area (Å²) in [5, 5.41) is 16.3. The predicted molar refractivity (Wildman–Crippen MR) is 188 cm³/mol. The van der Waals surface area contributed by atoms with Crippen molar-refractivity contribution in [2.45, 2.75) is 5.22 Å². The average molecular weight is 674 g/mol. The normalized spacial score (nSPS) is 11.0. The Morgan fingerprint density at radius 1 is 0.857 bits per heavy atom. The van der Waals surface area contributed by atoms with Crippen LogP contribution < -0.4 is 19.5 Å². The van der Waals surface area contributed by atoms with E-state index in [4.69, 9.17) is 23.7 Å². The van der Waals surface area contributed by atoms with Crippen LogP contribution in [0.1, 0.15) is 15.9 Å². The summed E-state index contributed by atoms with van der Waals surface area (Å²) in [4.78, 5) is 25.6. The maximum Gasteiger partial charge on any atom is 0.277 e. The number of aromatic nitrogens is 4. The van der Waals surface area contributed by atoms with Crippen molar-refractivity contribution in [3.63, 3.8) is 0 Å². The first-order chi connectivity index (χ1) is 23.9. The van der Waals surface area contributed by atoms with Crippen molar-refractivity contribution in [1.29, 1.82) is 0 Å². The molecule has 0 saturated carbocycles. The monoisotopic (exact) mass is 673 g/mol. The molecule has 0 spiro atoms. The summed E-state index contributed by atoms with van der Waals surface area (Å²) in [6, 6.07) is 29.6. The molecule has 1 N–H and O–H groups in total. The zero-order chi connectivity index (χ0) is 34.2. The lowest BCUT2D eigenvalue weighted by molar-refractivity contribution is -0.113. The van der Waals surface area contributed by atoms with Crippen molar-refractivity contribution in [3.05, 3.63) is 120 Å². The van der Waals surface area contributed by atoms with Gasteiger partial charge in [0.05, 0.1) is 38.3 Å². The molecule has 4 aromatic carbocycles. The number of rotatable bonds is 13. The van der Waals surface area contributed by atoms with Gasteiger partial charge in [0, 0.05) is 23.0 Å². The predicted octanol–water partition coefficient (Wildman–Crippen LogP) is 7.24. The fraction of sp³-hybridized carbons (Fsp3) is 0.108. The second-order valence-corrected chi connectivity index (χ2v) is 11.4. The van der Waals surface area contributed by atoms with E-state index in [0.717, 1.165) is 23.0 Å². The van der Waals surface area contributed by atoms with Gasteiger partial charge in [-0.1, -0.05) is 66.4 Å². The summed E-state index contributed by atoms with van der Waals surface area (Å²) in [5.74, 6) is 1.29. The number of methoxy groups -OCH3 is 3. The number of nitrogens with zero attached hydrogens (tertiary/aromatic N) is 4. The van der Waals surface area contributed by atoms with Crippen LogP contribution in [0.2, 0.25) is 0 Å². The Labute approximate surface area is 286 Å². The lowest BCUT2D eigenvalue weighted by atomic mass is 10.1. The van der Waals surface area contributed by atoms with E-state index < -0.39 is 0 Å². The van der Waals surface area contributed by atoms with Gasteiger partial charge >= 0.3 is 0 Å². The molecule has 0 fully saturated rings. The first-order valence-corrected chi connectivity index (χ1v) is 16.0. The van der Waals surface area contributed by atoms with E-state index in [2.05, 4.69) is 15.5 Å². The lowest BCUT2D eigenvalue weighted by Crippen LogP contribution is -2.14. The number of hydrogen-bond acceptors (Lipinski definition) is 10. The third kappa shape index (κ3) is 7.71. The largest absolute Gasteiger partial charge is 0.493 e. The molecule has 0 bridgehead atoms. The molecule has 11 nitrogen and oxygen atoms in total. The summed E-state index contributed by atoms with van der Waals surface area (Å²) in [6.45, 7) is 0. The molecule has 2 aromatic heterocycles. The van der Waals surface area contributed by atoms with Gasteiger partial charge in [-0.05, 0) is 60.2 Å². The van der Waals surface area contributed by atoms with Crippen LogP contribution in [0.4, 0.5) is 5.69 Å². The summed E-state index contributed by atoms with van der Waals surface area (Å²) >= 11 is 1.12. The van der Waals surface area contributed by atoms with Gasteiger partial charge in [-0.2, -0.15) is 5.10 Å². The molecule has 0 aliphatic carbocycles. The van der Waals surface area contributed by atoms with E-state index in [1.807, 2.05) is 66.9 Å². The van der Waals surface area contributed by atoms with Gasteiger partial charge in [0.15, 0.2) is 17.3 Å². The third-order valence-electron chi connectivity index (χ3n) is 7.31. The Morgan fingerprint density at radius 2 is 1.53 bits per heavy atom. The zero-order valence-corrected chi connectivity index (χ0v) is 27.6. The highest BCUT2D eigenvalue weighted by Crippen LogP contribution is 2.38. The topological polar surface area (TPSA) is 131 Å². The third-order valence-corrected chi connectivity index (χ3v) is 8.13. The maximum absolute atomic E-state index is 12.8. The Balaban J connectivity index is 1.07. The van der Waals surface area contributed by atoms with Gasteiger partial charge in [0.25, 0.3) is 11.1 Å². The molecule has 0 unspecified atom stereocenters. The molecule has 49 heavy (non-hydrogen) atoms. The van der Waals surface area contributed by atoms with Crippen LogP contribution >= 0.6 is 11.8 Å². The molecule has 246 valence electrons. The average Bonchev–Trinajstić information content (AvgIpc) is 3.81. The van der Waals surface area contributed by atoms with Gasteiger partial charge in [0.2, 0.25) is 11.7 Å². The van der Waals surface area contributed by atoms with Crippen LogP contribution in [0.5, 0.6) is 17.2 Å². The number of ether oxygens (including phenoxy) is 3. The lowest BCUT2D eigenvalue weighted by Gasteiger charge is -2.12. The number of amides is 1. The van der Waals surface area contributed by atoms with E-state index in [0.29, 0.717) is 51.2 Å². The summed E-state index contributed by atoms with van der Waals surface area (Å²) in [5.41, 5.74) is 4.87. The molecule has 12 heteroatoms. The van der Waals surface area contributed by atoms with Gasteiger partial charge in [-0.25, -0.2) is 4.68 Å². The summed E-state index contributed by atoms with van der Waals surface area (Å²) in [6.07, 6.45) is 4.98. The Hall–Kier alpha value is -6.14. The van der Waals surface area contributed by atoms with Crippen LogP contribution in [0.15, 0.2) is 119 Å². The van der Waals surface area contributed by atoms with E-state index in [9.17, 15) is 9.59 Å². The second-order valence-electron chi connectivity index (χ2n) is 10.5. The minimum Gasteiger partial charge on any atom is -0.493 e. The highest BCUT2D eigenvalue weighted by atomic mass is 32.2. The molecule has 0 radical (unpaired) electrons. The van der Waals surface area contributed by atoms with Crippen molar-refractivity contribution in [1.82, 2.24) is 20.0 Å². The van der Waals surface area contributed by atoms with Gasteiger partial charge in [-0.15, -0.1) is 10.2 Å². The van der Waals surface area contributed by atoms with E-state index >= 15 is 0 Å². The molecule has 0 saturated heterocycles.